The zero-order valence-electron chi connectivity index (χ0n) is 19.2. The molecular weight excluding hydrogens is 481 g/mol. The Hall–Kier alpha value is -3.80. The molecule has 190 valence electrons. The molecule has 0 bridgehead atoms. The Morgan fingerprint density at radius 2 is 1.89 bits per heavy atom. The van der Waals surface area contributed by atoms with Gasteiger partial charge in [0, 0.05) is 12.6 Å². The summed E-state index contributed by atoms with van der Waals surface area (Å²) in [6.45, 7) is -0.153. The number of fused-ring (bicyclic) bond motifs is 2. The second-order valence-electron chi connectivity index (χ2n) is 8.81. The maximum absolute atomic E-state index is 13.3. The van der Waals surface area contributed by atoms with Gasteiger partial charge < -0.3 is 24.5 Å². The first-order chi connectivity index (χ1) is 17.1. The number of imidazole rings is 1. The number of esters is 1. The second-order valence-corrected chi connectivity index (χ2v) is 8.81. The lowest BCUT2D eigenvalue weighted by atomic mass is 9.96. The maximum atomic E-state index is 13.3. The van der Waals surface area contributed by atoms with Gasteiger partial charge in [-0.05, 0) is 44.2 Å². The predicted molar refractivity (Wildman–Crippen MR) is 120 cm³/mol. The van der Waals surface area contributed by atoms with Gasteiger partial charge in [0.15, 0.2) is 18.1 Å². The molecule has 0 spiro atoms. The number of halogens is 3. The fraction of sp³-hybridized carbons (Fsp3) is 0.375. The van der Waals surface area contributed by atoms with E-state index in [1.807, 2.05) is 31.3 Å². The number of hydrogen-bond acceptors (Lipinski definition) is 7. The molecule has 3 atom stereocenters. The molecule has 3 aromatic rings. The monoisotopic (exact) mass is 504 g/mol. The highest BCUT2D eigenvalue weighted by atomic mass is 19.4. The molecule has 1 fully saturated rings. The minimum Gasteiger partial charge on any atom is -0.481 e. The van der Waals surface area contributed by atoms with Crippen LogP contribution in [0.5, 0.6) is 11.5 Å². The highest BCUT2D eigenvalue weighted by molar-refractivity contribution is 5.88. The zero-order chi connectivity index (χ0) is 25.5. The first kappa shape index (κ1) is 23.9. The molecule has 0 saturated carbocycles. The number of amides is 1. The molecule has 0 unspecified atom stereocenters. The number of likely N-dealkylation sites (tertiary alicyclic amines) is 1. The molecule has 3 heterocycles. The summed E-state index contributed by atoms with van der Waals surface area (Å²) in [5, 5.41) is 2.71. The average Bonchev–Trinajstić information content (AvgIpc) is 3.28. The van der Waals surface area contributed by atoms with E-state index in [1.165, 1.54) is 12.1 Å². The van der Waals surface area contributed by atoms with Crippen molar-refractivity contribution in [2.45, 2.75) is 36.9 Å². The van der Waals surface area contributed by atoms with Gasteiger partial charge in [-0.25, -0.2) is 9.78 Å². The smallest absolute Gasteiger partial charge is 0.481 e. The van der Waals surface area contributed by atoms with Crippen molar-refractivity contribution in [2.24, 2.45) is 0 Å². The molecule has 2 N–H and O–H groups in total. The fourth-order valence-electron chi connectivity index (χ4n) is 4.41. The molecule has 12 heteroatoms. The van der Waals surface area contributed by atoms with E-state index in [4.69, 9.17) is 9.47 Å². The van der Waals surface area contributed by atoms with E-state index in [0.717, 1.165) is 11.0 Å². The van der Waals surface area contributed by atoms with Crippen molar-refractivity contribution >= 4 is 22.9 Å². The molecule has 2 aliphatic rings. The van der Waals surface area contributed by atoms with Gasteiger partial charge in [-0.3, -0.25) is 9.69 Å². The van der Waals surface area contributed by atoms with Crippen LogP contribution < -0.4 is 14.8 Å². The van der Waals surface area contributed by atoms with Crippen LogP contribution >= 0.6 is 0 Å². The highest BCUT2D eigenvalue weighted by Gasteiger charge is 2.55. The Morgan fingerprint density at radius 1 is 1.17 bits per heavy atom. The van der Waals surface area contributed by atoms with E-state index >= 15 is 0 Å². The summed E-state index contributed by atoms with van der Waals surface area (Å²) in [7, 11) is 1.93. The summed E-state index contributed by atoms with van der Waals surface area (Å²) in [5.41, 5.74) is 1.67. The molecule has 0 aliphatic carbocycles. The number of para-hydroxylation sites is 4. The van der Waals surface area contributed by atoms with Gasteiger partial charge in [-0.2, -0.15) is 13.2 Å². The summed E-state index contributed by atoms with van der Waals surface area (Å²) in [6.07, 6.45) is -4.39. The zero-order valence-corrected chi connectivity index (χ0v) is 19.2. The van der Waals surface area contributed by atoms with Crippen LogP contribution in [0.4, 0.5) is 13.2 Å². The SMILES string of the molecule is CN1CC[C@@H](NC(=O)[C@@]2(OC(=O)C(F)(F)F)COc3ccccc3O2)C[C@@H]1c1nc2ccccc2[nH]1. The Kier molecular flexibility index (Phi) is 5.99. The number of aromatic amines is 1. The number of rotatable bonds is 4. The third-order valence-electron chi connectivity index (χ3n) is 6.31. The Balaban J connectivity index is 1.37. The predicted octanol–water partition coefficient (Wildman–Crippen LogP) is 3.09. The summed E-state index contributed by atoms with van der Waals surface area (Å²) in [4.78, 5) is 35.1. The highest BCUT2D eigenvalue weighted by Crippen LogP contribution is 2.37. The van der Waals surface area contributed by atoms with Gasteiger partial charge in [-0.1, -0.05) is 24.3 Å². The standard InChI is InChI=1S/C24H23F3N4O5/c1-31-11-10-14(12-17(31)20-29-15-6-2-3-7-16(15)30-20)28-21(32)23(36-22(33)24(25,26)27)13-34-18-8-4-5-9-19(18)35-23/h2-9,14,17H,10-13H2,1H3,(H,28,32)(H,29,30)/t14-,17-,23+/m1/s1. The van der Waals surface area contributed by atoms with Crippen LogP contribution in [0.15, 0.2) is 48.5 Å². The Labute approximate surface area is 203 Å². The van der Waals surface area contributed by atoms with Crippen LogP contribution in [-0.2, 0) is 14.3 Å². The summed E-state index contributed by atoms with van der Waals surface area (Å²) < 4.78 is 54.8. The lowest BCUT2D eigenvalue weighted by Gasteiger charge is -2.39. The largest absolute Gasteiger partial charge is 0.491 e. The van der Waals surface area contributed by atoms with Gasteiger partial charge in [0.2, 0.25) is 0 Å². The summed E-state index contributed by atoms with van der Waals surface area (Å²) in [6, 6.07) is 13.0. The quantitative estimate of drug-likeness (QED) is 0.526. The molecule has 1 aromatic heterocycles. The van der Waals surface area contributed by atoms with Crippen molar-refractivity contribution in [1.29, 1.82) is 0 Å². The molecule has 1 saturated heterocycles. The first-order valence-electron chi connectivity index (χ1n) is 11.3. The first-order valence-corrected chi connectivity index (χ1v) is 11.3. The van der Waals surface area contributed by atoms with Gasteiger partial charge >= 0.3 is 23.8 Å². The molecule has 36 heavy (non-hydrogen) atoms. The average molecular weight is 504 g/mol. The van der Waals surface area contributed by atoms with Crippen LogP contribution in [0, 0.1) is 0 Å². The second kappa shape index (κ2) is 9.01. The number of piperidine rings is 1. The number of aromatic nitrogens is 2. The van der Waals surface area contributed by atoms with Crippen molar-refractivity contribution in [3.63, 3.8) is 0 Å². The molecule has 1 amide bonds. The summed E-state index contributed by atoms with van der Waals surface area (Å²) in [5.74, 6) is -5.32. The van der Waals surface area contributed by atoms with Crippen molar-refractivity contribution in [1.82, 2.24) is 20.2 Å². The van der Waals surface area contributed by atoms with E-state index in [-0.39, 0.29) is 17.5 Å². The van der Waals surface area contributed by atoms with Crippen molar-refractivity contribution in [2.75, 3.05) is 20.2 Å². The van der Waals surface area contributed by atoms with Crippen molar-refractivity contribution in [3.8, 4) is 11.5 Å². The van der Waals surface area contributed by atoms with E-state index in [0.29, 0.717) is 25.2 Å². The van der Waals surface area contributed by atoms with E-state index in [2.05, 4.69) is 24.9 Å². The van der Waals surface area contributed by atoms with Gasteiger partial charge in [-0.15, -0.1) is 0 Å². The number of nitrogens with zero attached hydrogens (tertiary/aromatic N) is 2. The van der Waals surface area contributed by atoms with Crippen LogP contribution in [0.3, 0.4) is 0 Å². The van der Waals surface area contributed by atoms with Crippen molar-refractivity contribution < 1.29 is 37.0 Å². The third-order valence-corrected chi connectivity index (χ3v) is 6.31. The maximum Gasteiger partial charge on any atom is 0.491 e. The van der Waals surface area contributed by atoms with Gasteiger partial charge in [0.05, 0.1) is 17.1 Å². The lowest BCUT2D eigenvalue weighted by molar-refractivity contribution is -0.246. The lowest BCUT2D eigenvalue weighted by Crippen LogP contribution is -2.62. The Morgan fingerprint density at radius 3 is 2.64 bits per heavy atom. The molecular formula is C24H23F3N4O5. The topological polar surface area (TPSA) is 106 Å². The van der Waals surface area contributed by atoms with Gasteiger partial charge in [0.25, 0.3) is 0 Å². The number of alkyl halides is 3. The summed E-state index contributed by atoms with van der Waals surface area (Å²) >= 11 is 0. The number of carbonyl (C=O) groups is 2. The third kappa shape index (κ3) is 4.55. The van der Waals surface area contributed by atoms with E-state index < -0.39 is 36.5 Å². The molecule has 0 radical (unpaired) electrons. The Bertz CT molecular complexity index is 1260. The van der Waals surface area contributed by atoms with Crippen LogP contribution in [0.2, 0.25) is 0 Å². The number of nitrogens with one attached hydrogen (secondary N) is 2. The molecule has 9 nitrogen and oxygen atoms in total. The van der Waals surface area contributed by atoms with Crippen LogP contribution in [-0.4, -0.2) is 64.9 Å². The minimum absolute atomic E-state index is 0.0163. The van der Waals surface area contributed by atoms with Crippen molar-refractivity contribution in [3.05, 3.63) is 54.4 Å². The van der Waals surface area contributed by atoms with E-state index in [1.54, 1.807) is 12.1 Å². The van der Waals surface area contributed by atoms with Crippen LogP contribution in [0.25, 0.3) is 11.0 Å². The number of ether oxygens (including phenoxy) is 3. The number of H-pyrrole nitrogens is 1. The van der Waals surface area contributed by atoms with Crippen LogP contribution in [0.1, 0.15) is 24.7 Å². The minimum atomic E-state index is -5.33. The molecule has 2 aromatic carbocycles. The van der Waals surface area contributed by atoms with E-state index in [9.17, 15) is 22.8 Å². The molecule has 2 aliphatic heterocycles. The number of hydrogen-bond donors (Lipinski definition) is 2. The normalized spacial score (nSPS) is 24.3. The number of carbonyl (C=O) groups excluding carboxylic acids is 2. The number of benzene rings is 2. The van der Waals surface area contributed by atoms with Gasteiger partial charge in [0.1, 0.15) is 5.82 Å². The fourth-order valence-corrected chi connectivity index (χ4v) is 4.41. The molecule has 5 rings (SSSR count).